The van der Waals surface area contributed by atoms with E-state index in [4.69, 9.17) is 4.74 Å². The lowest BCUT2D eigenvalue weighted by atomic mass is 10.1. The zero-order chi connectivity index (χ0) is 14.5. The maximum atomic E-state index is 12.0. The number of anilines is 1. The lowest BCUT2D eigenvalue weighted by molar-refractivity contribution is -0.117. The van der Waals surface area contributed by atoms with Gasteiger partial charge in [-0.25, -0.2) is 5.43 Å². The number of methoxy groups -OCH3 is 1. The van der Waals surface area contributed by atoms with E-state index in [9.17, 15) is 4.79 Å². The first-order valence-corrected chi connectivity index (χ1v) is 6.73. The molecule has 0 spiro atoms. The van der Waals surface area contributed by atoms with E-state index in [1.807, 2.05) is 35.5 Å². The SMILES string of the molecule is COc1ccccc1NC(=O)CN1C=C(C(C)C)CN1. The molecule has 0 saturated carbocycles. The van der Waals surface area contributed by atoms with Gasteiger partial charge in [-0.3, -0.25) is 4.79 Å². The van der Waals surface area contributed by atoms with E-state index in [-0.39, 0.29) is 12.5 Å². The number of nitrogens with zero attached hydrogens (tertiary/aromatic N) is 1. The number of rotatable bonds is 5. The molecule has 2 N–H and O–H groups in total. The summed E-state index contributed by atoms with van der Waals surface area (Å²) in [5.41, 5.74) is 5.17. The number of ether oxygens (including phenoxy) is 1. The Bertz CT molecular complexity index is 512. The minimum absolute atomic E-state index is 0.0803. The number of hydrogen-bond acceptors (Lipinski definition) is 4. The monoisotopic (exact) mass is 275 g/mol. The molecule has 1 aliphatic heterocycles. The van der Waals surface area contributed by atoms with Crippen LogP contribution in [0.15, 0.2) is 36.0 Å². The largest absolute Gasteiger partial charge is 0.495 e. The van der Waals surface area contributed by atoms with Crippen molar-refractivity contribution in [3.63, 3.8) is 0 Å². The summed E-state index contributed by atoms with van der Waals surface area (Å²) >= 11 is 0. The van der Waals surface area contributed by atoms with Gasteiger partial charge in [-0.2, -0.15) is 0 Å². The van der Waals surface area contributed by atoms with Crippen molar-refractivity contribution < 1.29 is 9.53 Å². The van der Waals surface area contributed by atoms with Crippen molar-refractivity contribution >= 4 is 11.6 Å². The van der Waals surface area contributed by atoms with Crippen molar-refractivity contribution in [3.8, 4) is 5.75 Å². The predicted octanol–water partition coefficient (Wildman–Crippen LogP) is 1.99. The Kier molecular flexibility index (Phi) is 4.63. The number of nitrogens with one attached hydrogen (secondary N) is 2. The Labute approximate surface area is 119 Å². The number of hydrogen-bond donors (Lipinski definition) is 2. The number of para-hydroxylation sites is 2. The third-order valence-corrected chi connectivity index (χ3v) is 3.24. The van der Waals surface area contributed by atoms with Gasteiger partial charge in [0.1, 0.15) is 12.3 Å². The van der Waals surface area contributed by atoms with Gasteiger partial charge in [0.15, 0.2) is 0 Å². The normalized spacial score (nSPS) is 14.4. The average Bonchev–Trinajstić information content (AvgIpc) is 2.88. The summed E-state index contributed by atoms with van der Waals surface area (Å²) in [6.45, 7) is 5.37. The summed E-state index contributed by atoms with van der Waals surface area (Å²) in [6.07, 6.45) is 2.01. The highest BCUT2D eigenvalue weighted by atomic mass is 16.5. The molecule has 20 heavy (non-hydrogen) atoms. The second kappa shape index (κ2) is 6.43. The fraction of sp³-hybridized carbons (Fsp3) is 0.400. The first-order chi connectivity index (χ1) is 9.60. The molecule has 1 aliphatic rings. The van der Waals surface area contributed by atoms with E-state index < -0.39 is 0 Å². The van der Waals surface area contributed by atoms with E-state index in [0.717, 1.165) is 6.54 Å². The van der Waals surface area contributed by atoms with Crippen LogP contribution in [0.4, 0.5) is 5.69 Å². The second-order valence-corrected chi connectivity index (χ2v) is 5.07. The van der Waals surface area contributed by atoms with E-state index in [2.05, 4.69) is 24.6 Å². The molecule has 0 aromatic heterocycles. The molecule has 0 saturated heterocycles. The molecule has 5 nitrogen and oxygen atoms in total. The van der Waals surface area contributed by atoms with Crippen LogP contribution in [-0.4, -0.2) is 31.1 Å². The zero-order valence-electron chi connectivity index (χ0n) is 12.1. The van der Waals surface area contributed by atoms with Crippen LogP contribution < -0.4 is 15.5 Å². The van der Waals surface area contributed by atoms with E-state index in [1.54, 1.807) is 7.11 Å². The van der Waals surface area contributed by atoms with Gasteiger partial charge in [-0.15, -0.1) is 0 Å². The Balaban J connectivity index is 1.93. The van der Waals surface area contributed by atoms with Crippen molar-refractivity contribution in [1.29, 1.82) is 0 Å². The molecule has 108 valence electrons. The molecule has 0 unspecified atom stereocenters. The highest BCUT2D eigenvalue weighted by Crippen LogP contribution is 2.23. The highest BCUT2D eigenvalue weighted by molar-refractivity contribution is 5.93. The standard InChI is InChI=1S/C15H21N3O2/c1-11(2)12-8-16-18(9-12)10-15(19)17-13-6-4-5-7-14(13)20-3/h4-7,9,11,16H,8,10H2,1-3H3,(H,17,19). The first-order valence-electron chi connectivity index (χ1n) is 6.73. The smallest absolute Gasteiger partial charge is 0.245 e. The summed E-state index contributed by atoms with van der Waals surface area (Å²) in [6, 6.07) is 7.38. The lowest BCUT2D eigenvalue weighted by Gasteiger charge is -2.16. The van der Waals surface area contributed by atoms with E-state index in [0.29, 0.717) is 17.4 Å². The van der Waals surface area contributed by atoms with Crippen LogP contribution in [0.25, 0.3) is 0 Å². The number of carbonyl (C=O) groups is 1. The molecule has 0 fully saturated rings. The number of hydrazine groups is 1. The van der Waals surface area contributed by atoms with Gasteiger partial charge in [-0.05, 0) is 23.6 Å². The first kappa shape index (κ1) is 14.4. The topological polar surface area (TPSA) is 53.6 Å². The molecular formula is C15H21N3O2. The van der Waals surface area contributed by atoms with Gasteiger partial charge < -0.3 is 15.1 Å². The van der Waals surface area contributed by atoms with Crippen LogP contribution in [0.5, 0.6) is 5.75 Å². The summed E-state index contributed by atoms with van der Waals surface area (Å²) in [7, 11) is 1.59. The van der Waals surface area contributed by atoms with Crippen LogP contribution in [-0.2, 0) is 4.79 Å². The Morgan fingerprint density at radius 3 is 2.85 bits per heavy atom. The minimum Gasteiger partial charge on any atom is -0.495 e. The quantitative estimate of drug-likeness (QED) is 0.863. The zero-order valence-corrected chi connectivity index (χ0v) is 12.1. The molecule has 0 atom stereocenters. The Morgan fingerprint density at radius 1 is 1.45 bits per heavy atom. The maximum absolute atomic E-state index is 12.0. The van der Waals surface area contributed by atoms with Crippen molar-refractivity contribution in [1.82, 2.24) is 10.4 Å². The average molecular weight is 275 g/mol. The molecule has 0 aliphatic carbocycles. The Hall–Kier alpha value is -2.01. The molecule has 5 heteroatoms. The van der Waals surface area contributed by atoms with Gasteiger partial charge in [-0.1, -0.05) is 26.0 Å². The molecular weight excluding hydrogens is 254 g/mol. The molecule has 2 rings (SSSR count). The summed E-state index contributed by atoms with van der Waals surface area (Å²) < 4.78 is 5.21. The predicted molar refractivity (Wildman–Crippen MR) is 79.3 cm³/mol. The third kappa shape index (κ3) is 3.51. The van der Waals surface area contributed by atoms with Crippen LogP contribution in [0.3, 0.4) is 0 Å². The van der Waals surface area contributed by atoms with Crippen molar-refractivity contribution in [2.24, 2.45) is 5.92 Å². The van der Waals surface area contributed by atoms with Crippen LogP contribution in [0, 0.1) is 5.92 Å². The van der Waals surface area contributed by atoms with Crippen LogP contribution in [0.1, 0.15) is 13.8 Å². The van der Waals surface area contributed by atoms with Gasteiger partial charge in [0.05, 0.1) is 12.8 Å². The van der Waals surface area contributed by atoms with Gasteiger partial charge in [0, 0.05) is 12.7 Å². The van der Waals surface area contributed by atoms with Gasteiger partial charge in [0.25, 0.3) is 0 Å². The summed E-state index contributed by atoms with van der Waals surface area (Å²) in [4.78, 5) is 12.0. The summed E-state index contributed by atoms with van der Waals surface area (Å²) in [5, 5.41) is 4.68. The molecule has 1 aromatic rings. The Morgan fingerprint density at radius 2 is 2.20 bits per heavy atom. The fourth-order valence-corrected chi connectivity index (χ4v) is 2.03. The number of benzene rings is 1. The van der Waals surface area contributed by atoms with E-state index in [1.165, 1.54) is 5.57 Å². The lowest BCUT2D eigenvalue weighted by Crippen LogP contribution is -2.36. The molecule has 1 amide bonds. The number of carbonyl (C=O) groups excluding carboxylic acids is 1. The van der Waals surface area contributed by atoms with Crippen molar-refractivity contribution in [2.75, 3.05) is 25.5 Å². The number of amides is 1. The summed E-state index contributed by atoms with van der Waals surface area (Å²) in [5.74, 6) is 1.07. The third-order valence-electron chi connectivity index (χ3n) is 3.24. The fourth-order valence-electron chi connectivity index (χ4n) is 2.03. The molecule has 1 aromatic carbocycles. The van der Waals surface area contributed by atoms with Gasteiger partial charge in [0.2, 0.25) is 5.91 Å². The van der Waals surface area contributed by atoms with Gasteiger partial charge >= 0.3 is 0 Å². The van der Waals surface area contributed by atoms with Crippen molar-refractivity contribution in [2.45, 2.75) is 13.8 Å². The van der Waals surface area contributed by atoms with E-state index >= 15 is 0 Å². The van der Waals surface area contributed by atoms with Crippen LogP contribution in [0.2, 0.25) is 0 Å². The second-order valence-electron chi connectivity index (χ2n) is 5.07. The molecule has 1 heterocycles. The highest BCUT2D eigenvalue weighted by Gasteiger charge is 2.17. The molecule has 0 radical (unpaired) electrons. The maximum Gasteiger partial charge on any atom is 0.245 e. The molecule has 0 bridgehead atoms. The minimum atomic E-state index is -0.0803. The van der Waals surface area contributed by atoms with Crippen molar-refractivity contribution in [3.05, 3.63) is 36.0 Å². The van der Waals surface area contributed by atoms with Crippen LogP contribution >= 0.6 is 0 Å².